The fourth-order valence-electron chi connectivity index (χ4n) is 1.63. The average Bonchev–Trinajstić information content (AvgIpc) is 2.81. The van der Waals surface area contributed by atoms with E-state index in [4.69, 9.17) is 9.26 Å². The van der Waals surface area contributed by atoms with Gasteiger partial charge in [0, 0.05) is 6.42 Å². The number of hydrogen-bond donors (Lipinski definition) is 0. The Morgan fingerprint density at radius 1 is 1.45 bits per heavy atom. The molecule has 0 saturated carbocycles. The summed E-state index contributed by atoms with van der Waals surface area (Å²) in [5, 5.41) is 17.1. The molecule has 1 aromatic heterocycles. The zero-order chi connectivity index (χ0) is 15.0. The molecule has 0 amide bonds. The van der Waals surface area contributed by atoms with Crippen LogP contribution >= 0.6 is 0 Å². The van der Waals surface area contributed by atoms with Crippen molar-refractivity contribution in [2.24, 2.45) is 4.99 Å². The maximum absolute atomic E-state index is 11.4. The molecule has 0 bridgehead atoms. The van der Waals surface area contributed by atoms with Gasteiger partial charge in [-0.1, -0.05) is 26.0 Å². The fourth-order valence-corrected chi connectivity index (χ4v) is 1.63. The van der Waals surface area contributed by atoms with Gasteiger partial charge in [-0.15, -0.1) is 18.2 Å². The molecule has 0 N–H and O–H groups in total. The third-order valence-electron chi connectivity index (χ3n) is 2.44. The highest BCUT2D eigenvalue weighted by Crippen LogP contribution is 2.15. The zero-order valence-electron chi connectivity index (χ0n) is 11.9. The highest BCUT2D eigenvalue weighted by Gasteiger charge is 2.27. The highest BCUT2D eigenvalue weighted by molar-refractivity contribution is 5.65. The lowest BCUT2D eigenvalue weighted by atomic mass is 10.3. The second kappa shape index (κ2) is 7.98. The summed E-state index contributed by atoms with van der Waals surface area (Å²) in [4.78, 5) is 5.32. The lowest BCUT2D eigenvalue weighted by molar-refractivity contribution is -0.762. The molecule has 0 unspecified atom stereocenters. The minimum absolute atomic E-state index is 0.157. The van der Waals surface area contributed by atoms with Crippen LogP contribution in [0.2, 0.25) is 0 Å². The van der Waals surface area contributed by atoms with Gasteiger partial charge in [0.1, 0.15) is 0 Å². The van der Waals surface area contributed by atoms with E-state index in [-0.39, 0.29) is 12.5 Å². The summed E-state index contributed by atoms with van der Waals surface area (Å²) in [6, 6.07) is 0. The van der Waals surface area contributed by atoms with Gasteiger partial charge in [-0.3, -0.25) is 4.52 Å². The topological polar surface area (TPSA) is 77.8 Å². The minimum Gasteiger partial charge on any atom is -0.600 e. The van der Waals surface area contributed by atoms with Gasteiger partial charge in [0.05, 0.1) is 17.9 Å². The average molecular weight is 280 g/mol. The van der Waals surface area contributed by atoms with Gasteiger partial charge in [0.2, 0.25) is 5.27 Å². The maximum atomic E-state index is 11.4. The number of aliphatic imine (C=N–C) groups is 1. The molecule has 1 aromatic rings. The van der Waals surface area contributed by atoms with E-state index in [0.29, 0.717) is 25.2 Å². The molecule has 0 atom stereocenters. The van der Waals surface area contributed by atoms with E-state index < -0.39 is 6.08 Å². The van der Waals surface area contributed by atoms with Crippen LogP contribution in [0.3, 0.4) is 0 Å². The van der Waals surface area contributed by atoms with Gasteiger partial charge in [-0.2, -0.15) is 4.99 Å². The van der Waals surface area contributed by atoms with E-state index in [0.717, 1.165) is 0 Å². The van der Waals surface area contributed by atoms with Crippen LogP contribution in [0.25, 0.3) is 0 Å². The van der Waals surface area contributed by atoms with E-state index >= 15 is 0 Å². The lowest BCUT2D eigenvalue weighted by Gasteiger charge is -2.10. The van der Waals surface area contributed by atoms with Crippen LogP contribution in [0.1, 0.15) is 19.5 Å². The molecule has 0 aliphatic rings. The van der Waals surface area contributed by atoms with Crippen molar-refractivity contribution in [2.75, 3.05) is 24.7 Å². The number of nitrogens with zero attached hydrogens (tertiary/aromatic N) is 4. The predicted molar refractivity (Wildman–Crippen MR) is 73.1 cm³/mol. The number of ether oxygens (including phenoxy) is 1. The summed E-state index contributed by atoms with van der Waals surface area (Å²) < 4.78 is 9.87. The number of hydrogen-bond acceptors (Lipinski definition) is 6. The van der Waals surface area contributed by atoms with Gasteiger partial charge in [0.25, 0.3) is 0 Å². The van der Waals surface area contributed by atoms with Gasteiger partial charge >= 0.3 is 11.6 Å². The summed E-state index contributed by atoms with van der Waals surface area (Å²) in [6.45, 7) is 12.4. The number of aromatic nitrogens is 2. The molecule has 0 radical (unpaired) electrons. The molecule has 0 aliphatic heterocycles. The van der Waals surface area contributed by atoms with Crippen LogP contribution in [-0.2, 0) is 11.2 Å². The standard InChI is InChI=1S/C13H20N4O3/c1-5-9-16(10-6-2)17-11(7-3)12(20-15-17)14-13(18)19-8-4/h5-6H,1-2,7-10H2,3-4H3. The third kappa shape index (κ3) is 3.84. The van der Waals surface area contributed by atoms with Crippen molar-refractivity contribution < 1.29 is 19.2 Å². The van der Waals surface area contributed by atoms with Crippen LogP contribution in [0.5, 0.6) is 0 Å². The first-order chi connectivity index (χ1) is 9.67. The van der Waals surface area contributed by atoms with E-state index in [1.165, 1.54) is 0 Å². The monoisotopic (exact) mass is 280 g/mol. The maximum Gasteiger partial charge on any atom is 0.329 e. The minimum atomic E-state index is -0.690. The lowest BCUT2D eigenvalue weighted by Crippen LogP contribution is -2.61. The molecule has 0 saturated heterocycles. The van der Waals surface area contributed by atoms with E-state index in [9.17, 15) is 5.11 Å². The van der Waals surface area contributed by atoms with Crippen LogP contribution in [0.4, 0.5) is 5.88 Å². The molecule has 110 valence electrons. The molecule has 7 heteroatoms. The molecule has 7 nitrogen and oxygen atoms in total. The first-order valence-electron chi connectivity index (χ1n) is 6.44. The Morgan fingerprint density at radius 3 is 2.60 bits per heavy atom. The van der Waals surface area contributed by atoms with E-state index in [1.54, 1.807) is 23.9 Å². The molecule has 20 heavy (non-hydrogen) atoms. The molecule has 0 spiro atoms. The Balaban J connectivity index is 3.09. The fraction of sp³-hybridized carbons (Fsp3) is 0.462. The summed E-state index contributed by atoms with van der Waals surface area (Å²) in [6.07, 6.45) is 3.40. The van der Waals surface area contributed by atoms with Crippen LogP contribution in [0.15, 0.2) is 34.8 Å². The molecular weight excluding hydrogens is 260 g/mol. The van der Waals surface area contributed by atoms with Crippen LogP contribution in [-0.4, -0.2) is 31.1 Å². The summed E-state index contributed by atoms with van der Waals surface area (Å²) in [5.74, 6) is 0.157. The molecule has 0 aliphatic carbocycles. The SMILES string of the molecule is C=CCN(CC=C)[n+]1noc(N=C([O-])OCC)c1CC. The van der Waals surface area contributed by atoms with E-state index in [1.807, 2.05) is 11.9 Å². The first-order valence-corrected chi connectivity index (χ1v) is 6.44. The smallest absolute Gasteiger partial charge is 0.329 e. The predicted octanol–water partition coefficient (Wildman–Crippen LogP) is 0.219. The van der Waals surface area contributed by atoms with Gasteiger partial charge in [0.15, 0.2) is 6.08 Å². The summed E-state index contributed by atoms with van der Waals surface area (Å²) >= 11 is 0. The highest BCUT2D eigenvalue weighted by atomic mass is 16.6. The summed E-state index contributed by atoms with van der Waals surface area (Å²) in [7, 11) is 0. The Morgan fingerprint density at radius 2 is 2.10 bits per heavy atom. The van der Waals surface area contributed by atoms with Crippen molar-refractivity contribution in [2.45, 2.75) is 20.3 Å². The van der Waals surface area contributed by atoms with Crippen molar-refractivity contribution in [3.05, 3.63) is 31.0 Å². The first kappa shape index (κ1) is 15.7. The Bertz CT molecular complexity index is 472. The molecule has 1 heterocycles. The van der Waals surface area contributed by atoms with Crippen molar-refractivity contribution >= 4 is 12.0 Å². The van der Waals surface area contributed by atoms with Gasteiger partial charge < -0.3 is 9.84 Å². The molecule has 0 aromatic carbocycles. The Kier molecular flexibility index (Phi) is 6.28. The van der Waals surface area contributed by atoms with Crippen molar-refractivity contribution in [1.82, 2.24) is 5.27 Å². The molecule has 1 rings (SSSR count). The Hall–Kier alpha value is -2.31. The van der Waals surface area contributed by atoms with Crippen molar-refractivity contribution in [3.63, 3.8) is 0 Å². The number of rotatable bonds is 8. The Labute approximate surface area is 118 Å². The van der Waals surface area contributed by atoms with Crippen molar-refractivity contribution in [1.29, 1.82) is 0 Å². The normalized spacial score (nSPS) is 11.2. The second-order valence-electron chi connectivity index (χ2n) is 3.83. The van der Waals surface area contributed by atoms with E-state index in [2.05, 4.69) is 23.4 Å². The van der Waals surface area contributed by atoms with Gasteiger partial charge in [-0.25, -0.2) is 0 Å². The molecule has 0 fully saturated rings. The quantitative estimate of drug-likeness (QED) is 0.294. The van der Waals surface area contributed by atoms with Crippen LogP contribution < -0.4 is 14.9 Å². The van der Waals surface area contributed by atoms with Crippen molar-refractivity contribution in [3.8, 4) is 0 Å². The zero-order valence-corrected chi connectivity index (χ0v) is 11.9. The largest absolute Gasteiger partial charge is 0.600 e. The van der Waals surface area contributed by atoms with Gasteiger partial charge in [-0.05, 0) is 6.61 Å². The second-order valence-corrected chi connectivity index (χ2v) is 3.83. The third-order valence-corrected chi connectivity index (χ3v) is 2.44. The summed E-state index contributed by atoms with van der Waals surface area (Å²) in [5.41, 5.74) is 0.682. The van der Waals surface area contributed by atoms with Crippen LogP contribution in [0, 0.1) is 0 Å². The molecular formula is C13H20N4O3.